The van der Waals surface area contributed by atoms with Crippen molar-refractivity contribution in [2.45, 2.75) is 12.6 Å². The van der Waals surface area contributed by atoms with Crippen LogP contribution in [0.25, 0.3) is 0 Å². The molecule has 43 heavy (non-hydrogen) atoms. The summed E-state index contributed by atoms with van der Waals surface area (Å²) in [5, 5.41) is 0. The first-order valence-corrected chi connectivity index (χ1v) is 14.6. The molecule has 0 saturated carbocycles. The molecule has 1 fully saturated rings. The average molecular weight is 592 g/mol. The van der Waals surface area contributed by atoms with E-state index in [0.717, 1.165) is 29.5 Å². The molecule has 11 heteroatoms. The molecule has 1 atom stereocenters. The first kappa shape index (κ1) is 32.3. The zero-order valence-electron chi connectivity index (χ0n) is 24.5. The number of nitrogens with zero attached hydrogens (tertiary/aromatic N) is 4. The fraction of sp³-hybridized carbons (Fsp3) is 0.438. The molecule has 4 rings (SSSR count). The monoisotopic (exact) mass is 591 g/mol. The van der Waals surface area contributed by atoms with Gasteiger partial charge in [0.25, 0.3) is 0 Å². The van der Waals surface area contributed by atoms with Gasteiger partial charge in [0.05, 0.1) is 70.3 Å². The highest BCUT2D eigenvalue weighted by Crippen LogP contribution is 2.28. The number of ether oxygens (including phenoxy) is 4. The molecule has 1 saturated heterocycles. The lowest BCUT2D eigenvalue weighted by Gasteiger charge is -2.32. The number of hydrogen-bond donors (Lipinski definition) is 1. The maximum atomic E-state index is 11.5. The topological polar surface area (TPSA) is 129 Å². The van der Waals surface area contributed by atoms with E-state index < -0.39 is 0 Å². The van der Waals surface area contributed by atoms with E-state index in [0.29, 0.717) is 103 Å². The molecular weight excluding hydrogens is 550 g/mol. The number of aldehydes is 2. The molecule has 1 aliphatic rings. The van der Waals surface area contributed by atoms with Crippen molar-refractivity contribution in [2.75, 3.05) is 84.8 Å². The number of pyridine rings is 2. The summed E-state index contributed by atoms with van der Waals surface area (Å²) in [6, 6.07) is 18.4. The zero-order chi connectivity index (χ0) is 30.1. The third-order valence-electron chi connectivity index (χ3n) is 7.04. The molecule has 11 nitrogen and oxygen atoms in total. The number of anilines is 1. The lowest BCUT2D eigenvalue weighted by atomic mass is 10.0. The summed E-state index contributed by atoms with van der Waals surface area (Å²) in [6.45, 7) is 7.09. The van der Waals surface area contributed by atoms with Crippen LogP contribution in [0, 0.1) is 0 Å². The van der Waals surface area contributed by atoms with Gasteiger partial charge in [0.15, 0.2) is 12.6 Å². The summed E-state index contributed by atoms with van der Waals surface area (Å²) in [5.41, 5.74) is 10.1. The van der Waals surface area contributed by atoms with Gasteiger partial charge in [0, 0.05) is 38.4 Å². The first-order valence-electron chi connectivity index (χ1n) is 14.6. The second-order valence-electron chi connectivity index (χ2n) is 10.1. The molecule has 2 N–H and O–H groups in total. The Labute approximate surface area is 252 Å². The summed E-state index contributed by atoms with van der Waals surface area (Å²) >= 11 is 0. The maximum Gasteiger partial charge on any atom is 0.168 e. The van der Waals surface area contributed by atoms with Gasteiger partial charge >= 0.3 is 0 Å². The van der Waals surface area contributed by atoms with E-state index in [-0.39, 0.29) is 6.04 Å². The molecule has 1 aliphatic heterocycles. The van der Waals surface area contributed by atoms with Gasteiger partial charge in [0.1, 0.15) is 11.4 Å². The van der Waals surface area contributed by atoms with E-state index in [9.17, 15) is 9.59 Å². The molecule has 2 aromatic heterocycles. The number of nitrogen functional groups attached to an aromatic ring is 1. The molecule has 0 bridgehead atoms. The zero-order valence-corrected chi connectivity index (χ0v) is 24.5. The Bertz CT molecular complexity index is 1240. The first-order chi connectivity index (χ1) is 21.2. The van der Waals surface area contributed by atoms with Gasteiger partial charge in [-0.25, -0.2) is 9.97 Å². The van der Waals surface area contributed by atoms with Crippen LogP contribution in [0.4, 0.5) is 5.69 Å². The van der Waals surface area contributed by atoms with E-state index in [1.54, 1.807) is 12.1 Å². The van der Waals surface area contributed by atoms with E-state index in [4.69, 9.17) is 24.7 Å². The fourth-order valence-corrected chi connectivity index (χ4v) is 4.85. The number of aromatic nitrogens is 2. The summed E-state index contributed by atoms with van der Waals surface area (Å²) in [7, 11) is 0. The van der Waals surface area contributed by atoms with Gasteiger partial charge in [-0.15, -0.1) is 0 Å². The van der Waals surface area contributed by atoms with Crippen molar-refractivity contribution in [1.29, 1.82) is 0 Å². The molecule has 3 aromatic rings. The molecule has 230 valence electrons. The number of rotatable bonds is 7. The Morgan fingerprint density at radius 2 is 1.21 bits per heavy atom. The van der Waals surface area contributed by atoms with Gasteiger partial charge in [0.2, 0.25) is 0 Å². The minimum Gasteiger partial charge on any atom is -0.399 e. The van der Waals surface area contributed by atoms with Crippen LogP contribution in [0.15, 0.2) is 60.7 Å². The SMILES string of the molecule is Nc1ccc(C(c2cccc(C=O)n2)N2CCOCCOCCN(Cc3cccc(C=O)n3)CCOCCOCC2)cc1. The summed E-state index contributed by atoms with van der Waals surface area (Å²) in [5.74, 6) is 0. The maximum absolute atomic E-state index is 11.5. The standard InChI is InChI=1S/C32H41N5O6/c33-27-9-7-26(8-10-27)32(31-6-2-5-30(25-39)35-31)37-13-17-42-21-19-40-15-11-36(12-16-41-20-22-43-18-14-37)23-28-3-1-4-29(24-38)34-28/h1-10,24-25,32H,11-23,33H2. The van der Waals surface area contributed by atoms with Crippen molar-refractivity contribution in [3.63, 3.8) is 0 Å². The fourth-order valence-electron chi connectivity index (χ4n) is 4.85. The van der Waals surface area contributed by atoms with Crippen LogP contribution in [-0.2, 0) is 25.5 Å². The second kappa shape index (κ2) is 18.2. The highest BCUT2D eigenvalue weighted by Gasteiger charge is 2.24. The van der Waals surface area contributed by atoms with Crippen molar-refractivity contribution in [3.05, 3.63) is 89.0 Å². The van der Waals surface area contributed by atoms with Crippen LogP contribution in [0.2, 0.25) is 0 Å². The van der Waals surface area contributed by atoms with Crippen molar-refractivity contribution >= 4 is 18.3 Å². The Morgan fingerprint density at radius 3 is 1.79 bits per heavy atom. The van der Waals surface area contributed by atoms with E-state index in [1.165, 1.54) is 0 Å². The third kappa shape index (κ3) is 10.9. The summed E-state index contributed by atoms with van der Waals surface area (Å²) in [4.78, 5) is 36.1. The van der Waals surface area contributed by atoms with Crippen LogP contribution >= 0.6 is 0 Å². The van der Waals surface area contributed by atoms with Crippen LogP contribution in [0.1, 0.15) is 44.0 Å². The number of benzene rings is 1. The molecule has 1 unspecified atom stereocenters. The van der Waals surface area contributed by atoms with Crippen LogP contribution < -0.4 is 5.73 Å². The quantitative estimate of drug-likeness (QED) is 0.322. The van der Waals surface area contributed by atoms with Crippen molar-refractivity contribution in [2.24, 2.45) is 0 Å². The Hall–Kier alpha value is -3.58. The third-order valence-corrected chi connectivity index (χ3v) is 7.04. The van der Waals surface area contributed by atoms with Gasteiger partial charge in [-0.1, -0.05) is 24.3 Å². The molecule has 0 amide bonds. The minimum absolute atomic E-state index is 0.224. The van der Waals surface area contributed by atoms with Crippen LogP contribution in [0.5, 0.6) is 0 Å². The highest BCUT2D eigenvalue weighted by atomic mass is 16.5. The number of hydrogen-bond acceptors (Lipinski definition) is 11. The molecule has 0 aliphatic carbocycles. The van der Waals surface area contributed by atoms with Crippen molar-refractivity contribution in [1.82, 2.24) is 19.8 Å². The smallest absolute Gasteiger partial charge is 0.168 e. The van der Waals surface area contributed by atoms with Crippen LogP contribution in [0.3, 0.4) is 0 Å². The molecule has 0 radical (unpaired) electrons. The van der Waals surface area contributed by atoms with Gasteiger partial charge in [-0.3, -0.25) is 19.4 Å². The second-order valence-corrected chi connectivity index (χ2v) is 10.1. The van der Waals surface area contributed by atoms with Crippen molar-refractivity contribution < 1.29 is 28.5 Å². The van der Waals surface area contributed by atoms with Crippen molar-refractivity contribution in [3.8, 4) is 0 Å². The Balaban J connectivity index is 1.38. The van der Waals surface area contributed by atoms with Gasteiger partial charge < -0.3 is 24.7 Å². The summed E-state index contributed by atoms with van der Waals surface area (Å²) in [6.07, 6.45) is 1.52. The number of carbonyl (C=O) groups is 2. The van der Waals surface area contributed by atoms with Gasteiger partial charge in [-0.05, 0) is 42.0 Å². The largest absolute Gasteiger partial charge is 0.399 e. The number of carbonyl (C=O) groups excluding carboxylic acids is 2. The molecule has 3 heterocycles. The lowest BCUT2D eigenvalue weighted by molar-refractivity contribution is 0.00332. The summed E-state index contributed by atoms with van der Waals surface area (Å²) < 4.78 is 23.7. The predicted molar refractivity (Wildman–Crippen MR) is 162 cm³/mol. The van der Waals surface area contributed by atoms with E-state index in [1.807, 2.05) is 48.5 Å². The minimum atomic E-state index is -0.224. The van der Waals surface area contributed by atoms with E-state index >= 15 is 0 Å². The normalized spacial score (nSPS) is 18.2. The number of nitrogens with two attached hydrogens (primary N) is 1. The van der Waals surface area contributed by atoms with Gasteiger partial charge in [-0.2, -0.15) is 0 Å². The van der Waals surface area contributed by atoms with E-state index in [2.05, 4.69) is 19.8 Å². The lowest BCUT2D eigenvalue weighted by Crippen LogP contribution is -2.36. The Morgan fingerprint density at radius 1 is 0.674 bits per heavy atom. The molecule has 0 spiro atoms. The highest BCUT2D eigenvalue weighted by molar-refractivity contribution is 5.72. The predicted octanol–water partition coefficient (Wildman–Crippen LogP) is 2.66. The van der Waals surface area contributed by atoms with Crippen LogP contribution in [-0.4, -0.2) is 111 Å². The molecule has 1 aromatic carbocycles. The average Bonchev–Trinajstić information content (AvgIpc) is 3.03. The Kier molecular flexibility index (Phi) is 13.7. The molecular formula is C32H41N5O6.